The molecule has 0 aromatic heterocycles. The second kappa shape index (κ2) is 11.9. The summed E-state index contributed by atoms with van der Waals surface area (Å²) in [6, 6.07) is 5.08. The first-order valence-corrected chi connectivity index (χ1v) is 9.22. The zero-order chi connectivity index (χ0) is 21.1. The molecule has 0 spiro atoms. The van der Waals surface area contributed by atoms with E-state index in [-0.39, 0.29) is 11.8 Å². The maximum atomic E-state index is 12.7. The Labute approximate surface area is 165 Å². The van der Waals surface area contributed by atoms with Crippen LogP contribution in [0.5, 0.6) is 0 Å². The van der Waals surface area contributed by atoms with Gasteiger partial charge in [-0.25, -0.2) is 4.79 Å². The molecule has 0 heterocycles. The van der Waals surface area contributed by atoms with E-state index in [4.69, 9.17) is 16.2 Å². The molecule has 7 N–H and O–H groups in total. The van der Waals surface area contributed by atoms with Crippen molar-refractivity contribution in [2.75, 3.05) is 19.0 Å². The molecule has 1 rings (SSSR count). The quantitative estimate of drug-likeness (QED) is 0.351. The Morgan fingerprint density at radius 3 is 2.29 bits per heavy atom. The molecule has 1 aromatic rings. The summed E-state index contributed by atoms with van der Waals surface area (Å²) in [6.07, 6.45) is 0.787. The van der Waals surface area contributed by atoms with Crippen molar-refractivity contribution in [2.45, 2.75) is 45.4 Å². The molecule has 0 fully saturated rings. The molecular formula is C19H31N5O4. The number of hydrogen-bond acceptors (Lipinski definition) is 5. The second-order valence-corrected chi connectivity index (χ2v) is 6.88. The Bertz CT molecular complexity index is 648. The molecule has 0 aliphatic carbocycles. The van der Waals surface area contributed by atoms with E-state index >= 15 is 0 Å². The van der Waals surface area contributed by atoms with E-state index in [0.717, 1.165) is 5.56 Å². The van der Waals surface area contributed by atoms with Crippen molar-refractivity contribution in [3.05, 3.63) is 29.8 Å². The minimum absolute atomic E-state index is 0.0615. The number of urea groups is 1. The first-order chi connectivity index (χ1) is 13.2. The van der Waals surface area contributed by atoms with Crippen molar-refractivity contribution in [2.24, 2.45) is 17.4 Å². The number of benzene rings is 1. The second-order valence-electron chi connectivity index (χ2n) is 6.88. The highest BCUT2D eigenvalue weighted by molar-refractivity contribution is 5.97. The highest BCUT2D eigenvalue weighted by Gasteiger charge is 2.25. The number of rotatable bonds is 11. The Hall–Kier alpha value is -2.65. The van der Waals surface area contributed by atoms with Gasteiger partial charge in [0.15, 0.2) is 0 Å². The third-order valence-electron chi connectivity index (χ3n) is 4.16. The van der Waals surface area contributed by atoms with Gasteiger partial charge >= 0.3 is 6.03 Å². The molecule has 0 radical (unpaired) electrons. The number of methoxy groups -OCH3 is 1. The van der Waals surface area contributed by atoms with Gasteiger partial charge in [-0.3, -0.25) is 9.59 Å². The minimum Gasteiger partial charge on any atom is -0.380 e. The summed E-state index contributed by atoms with van der Waals surface area (Å²) in [5.74, 6) is -0.815. The van der Waals surface area contributed by atoms with Crippen molar-refractivity contribution < 1.29 is 19.1 Å². The Morgan fingerprint density at radius 2 is 1.75 bits per heavy atom. The molecule has 1 aromatic carbocycles. The lowest BCUT2D eigenvalue weighted by Crippen LogP contribution is -2.51. The van der Waals surface area contributed by atoms with Crippen molar-refractivity contribution in [3.8, 4) is 0 Å². The maximum absolute atomic E-state index is 12.7. The SMILES string of the molecule is COCc1ccc(NC(=O)C(CCCNC(N)=O)NC(=O)[C@@H](N)C(C)C)cc1. The summed E-state index contributed by atoms with van der Waals surface area (Å²) >= 11 is 0. The number of carbonyl (C=O) groups is 3. The number of hydrogen-bond donors (Lipinski definition) is 5. The lowest BCUT2D eigenvalue weighted by Gasteiger charge is -2.22. The number of nitrogens with two attached hydrogens (primary N) is 2. The standard InChI is InChI=1S/C19H31N5O4/c1-12(2)16(20)18(26)24-15(5-4-10-22-19(21)27)17(25)23-14-8-6-13(7-9-14)11-28-3/h6-9,12,15-16H,4-5,10-11,20H2,1-3H3,(H,23,25)(H,24,26)(H3,21,22,27)/t15?,16-/m0/s1. The zero-order valence-corrected chi connectivity index (χ0v) is 16.7. The van der Waals surface area contributed by atoms with Crippen LogP contribution >= 0.6 is 0 Å². The van der Waals surface area contributed by atoms with Crippen LogP contribution in [0.4, 0.5) is 10.5 Å². The molecule has 0 aliphatic rings. The van der Waals surface area contributed by atoms with Gasteiger partial charge in [0.25, 0.3) is 0 Å². The number of amides is 4. The zero-order valence-electron chi connectivity index (χ0n) is 16.7. The minimum atomic E-state index is -0.786. The summed E-state index contributed by atoms with van der Waals surface area (Å²) in [7, 11) is 1.61. The Balaban J connectivity index is 2.75. The van der Waals surface area contributed by atoms with Gasteiger partial charge in [-0.05, 0) is 36.5 Å². The van der Waals surface area contributed by atoms with Gasteiger partial charge < -0.3 is 32.2 Å². The van der Waals surface area contributed by atoms with Gasteiger partial charge in [0, 0.05) is 19.3 Å². The molecule has 2 atom stereocenters. The fraction of sp³-hybridized carbons (Fsp3) is 0.526. The van der Waals surface area contributed by atoms with E-state index in [1.54, 1.807) is 19.2 Å². The lowest BCUT2D eigenvalue weighted by molar-refractivity contribution is -0.128. The van der Waals surface area contributed by atoms with Crippen LogP contribution in [0.25, 0.3) is 0 Å². The molecule has 156 valence electrons. The average molecular weight is 393 g/mol. The van der Waals surface area contributed by atoms with E-state index in [0.29, 0.717) is 31.7 Å². The summed E-state index contributed by atoms with van der Waals surface area (Å²) in [6.45, 7) is 4.44. The summed E-state index contributed by atoms with van der Waals surface area (Å²) in [5, 5.41) is 7.95. The van der Waals surface area contributed by atoms with Crippen LogP contribution in [0, 0.1) is 5.92 Å². The van der Waals surface area contributed by atoms with Crippen LogP contribution in [-0.2, 0) is 20.9 Å². The van der Waals surface area contributed by atoms with E-state index < -0.39 is 24.0 Å². The van der Waals surface area contributed by atoms with Crippen LogP contribution in [0.3, 0.4) is 0 Å². The number of primary amides is 1. The average Bonchev–Trinajstić information content (AvgIpc) is 2.64. The molecule has 9 heteroatoms. The number of nitrogens with one attached hydrogen (secondary N) is 3. The fourth-order valence-electron chi connectivity index (χ4n) is 2.44. The van der Waals surface area contributed by atoms with Gasteiger partial charge in [0.05, 0.1) is 12.6 Å². The van der Waals surface area contributed by atoms with E-state index in [1.807, 2.05) is 26.0 Å². The fourth-order valence-corrected chi connectivity index (χ4v) is 2.44. The van der Waals surface area contributed by atoms with E-state index in [1.165, 1.54) is 0 Å². The molecule has 28 heavy (non-hydrogen) atoms. The largest absolute Gasteiger partial charge is 0.380 e. The molecule has 9 nitrogen and oxygen atoms in total. The number of carbonyl (C=O) groups excluding carboxylic acids is 3. The number of anilines is 1. The highest BCUT2D eigenvalue weighted by Crippen LogP contribution is 2.12. The summed E-state index contributed by atoms with van der Waals surface area (Å²) in [4.78, 5) is 35.7. The molecule has 4 amide bonds. The molecule has 0 aliphatic heterocycles. The van der Waals surface area contributed by atoms with Gasteiger partial charge in [-0.15, -0.1) is 0 Å². The maximum Gasteiger partial charge on any atom is 0.312 e. The molecule has 0 bridgehead atoms. The first-order valence-electron chi connectivity index (χ1n) is 9.22. The van der Waals surface area contributed by atoms with Gasteiger partial charge in [-0.2, -0.15) is 0 Å². The molecule has 0 saturated heterocycles. The van der Waals surface area contributed by atoms with Crippen molar-refractivity contribution >= 4 is 23.5 Å². The molecular weight excluding hydrogens is 362 g/mol. The van der Waals surface area contributed by atoms with Crippen LogP contribution in [0.1, 0.15) is 32.3 Å². The Kier molecular flexibility index (Phi) is 9.97. The predicted octanol–water partition coefficient (Wildman–Crippen LogP) is 0.688. The van der Waals surface area contributed by atoms with Crippen LogP contribution in [0.2, 0.25) is 0 Å². The van der Waals surface area contributed by atoms with E-state index in [9.17, 15) is 14.4 Å². The molecule has 0 saturated carbocycles. The normalized spacial score (nSPS) is 12.9. The van der Waals surface area contributed by atoms with Gasteiger partial charge in [0.1, 0.15) is 6.04 Å². The van der Waals surface area contributed by atoms with Crippen LogP contribution < -0.4 is 27.4 Å². The first kappa shape index (κ1) is 23.4. The van der Waals surface area contributed by atoms with E-state index in [2.05, 4.69) is 16.0 Å². The van der Waals surface area contributed by atoms with Crippen molar-refractivity contribution in [3.63, 3.8) is 0 Å². The van der Waals surface area contributed by atoms with Crippen molar-refractivity contribution in [1.29, 1.82) is 0 Å². The van der Waals surface area contributed by atoms with Crippen LogP contribution in [0.15, 0.2) is 24.3 Å². The smallest absolute Gasteiger partial charge is 0.312 e. The summed E-state index contributed by atoms with van der Waals surface area (Å²) in [5.41, 5.74) is 12.5. The lowest BCUT2D eigenvalue weighted by atomic mass is 10.0. The van der Waals surface area contributed by atoms with Crippen LogP contribution in [-0.4, -0.2) is 43.6 Å². The van der Waals surface area contributed by atoms with Gasteiger partial charge in [-0.1, -0.05) is 26.0 Å². The third-order valence-corrected chi connectivity index (χ3v) is 4.16. The predicted molar refractivity (Wildman–Crippen MR) is 107 cm³/mol. The highest BCUT2D eigenvalue weighted by atomic mass is 16.5. The number of ether oxygens (including phenoxy) is 1. The molecule has 1 unspecified atom stereocenters. The van der Waals surface area contributed by atoms with Gasteiger partial charge in [0.2, 0.25) is 11.8 Å². The Morgan fingerprint density at radius 1 is 1.11 bits per heavy atom. The summed E-state index contributed by atoms with van der Waals surface area (Å²) < 4.78 is 5.06. The third kappa shape index (κ3) is 8.36. The monoisotopic (exact) mass is 393 g/mol. The van der Waals surface area contributed by atoms with Crippen molar-refractivity contribution in [1.82, 2.24) is 10.6 Å². The topological polar surface area (TPSA) is 149 Å².